The van der Waals surface area contributed by atoms with Crippen LogP contribution in [-0.2, 0) is 10.0 Å². The van der Waals surface area contributed by atoms with Gasteiger partial charge in [-0.25, -0.2) is 4.79 Å². The molecule has 0 bridgehead atoms. The van der Waals surface area contributed by atoms with Crippen molar-refractivity contribution in [3.8, 4) is 0 Å². The van der Waals surface area contributed by atoms with E-state index >= 15 is 0 Å². The molecule has 0 saturated carbocycles. The second-order valence-electron chi connectivity index (χ2n) is 4.42. The first-order chi connectivity index (χ1) is 9.90. The SMILES string of the molecule is Cc1ccc(S(=O)(=O)/N=C\c2ccccc2C(=O)O)cc1. The molecule has 0 saturated heterocycles. The predicted octanol–water partition coefficient (Wildman–Crippen LogP) is 2.50. The minimum absolute atomic E-state index is 0.000330. The number of aromatic carboxylic acids is 1. The molecule has 2 aromatic carbocycles. The van der Waals surface area contributed by atoms with Crippen molar-refractivity contribution in [1.29, 1.82) is 0 Å². The zero-order valence-electron chi connectivity index (χ0n) is 11.2. The number of carboxylic acid groups (broad SMARTS) is 1. The molecule has 0 heterocycles. The number of rotatable bonds is 4. The zero-order chi connectivity index (χ0) is 15.5. The summed E-state index contributed by atoms with van der Waals surface area (Å²) in [7, 11) is -3.84. The Kier molecular flexibility index (Phi) is 4.18. The number of aryl methyl sites for hydroxylation is 1. The van der Waals surface area contributed by atoms with Gasteiger partial charge in [-0.2, -0.15) is 12.8 Å². The van der Waals surface area contributed by atoms with Crippen molar-refractivity contribution in [3.05, 3.63) is 65.2 Å². The van der Waals surface area contributed by atoms with Crippen LogP contribution in [0.4, 0.5) is 0 Å². The van der Waals surface area contributed by atoms with E-state index in [9.17, 15) is 13.2 Å². The number of sulfonamides is 1. The first kappa shape index (κ1) is 14.9. The highest BCUT2D eigenvalue weighted by molar-refractivity contribution is 7.90. The predicted molar refractivity (Wildman–Crippen MR) is 79.4 cm³/mol. The molecule has 0 aliphatic heterocycles. The first-order valence-electron chi connectivity index (χ1n) is 6.09. The molecule has 1 N–H and O–H groups in total. The molecular weight excluding hydrogens is 290 g/mol. The van der Waals surface area contributed by atoms with Gasteiger partial charge in [0, 0.05) is 11.8 Å². The van der Waals surface area contributed by atoms with Gasteiger partial charge in [0.25, 0.3) is 10.0 Å². The fourth-order valence-electron chi connectivity index (χ4n) is 1.70. The Morgan fingerprint density at radius 2 is 1.71 bits per heavy atom. The third-order valence-corrected chi connectivity index (χ3v) is 4.09. The maximum atomic E-state index is 12.1. The lowest BCUT2D eigenvalue weighted by molar-refractivity contribution is 0.0696. The smallest absolute Gasteiger partial charge is 0.336 e. The Balaban J connectivity index is 2.37. The molecule has 0 fully saturated rings. The van der Waals surface area contributed by atoms with E-state index in [2.05, 4.69) is 4.40 Å². The lowest BCUT2D eigenvalue weighted by Crippen LogP contribution is -2.03. The van der Waals surface area contributed by atoms with E-state index in [0.717, 1.165) is 11.8 Å². The summed E-state index contributed by atoms with van der Waals surface area (Å²) in [6.45, 7) is 1.85. The third-order valence-electron chi connectivity index (χ3n) is 2.84. The van der Waals surface area contributed by atoms with E-state index in [1.165, 1.54) is 24.3 Å². The fraction of sp³-hybridized carbons (Fsp3) is 0.0667. The highest BCUT2D eigenvalue weighted by atomic mass is 32.2. The van der Waals surface area contributed by atoms with Crippen molar-refractivity contribution in [1.82, 2.24) is 0 Å². The molecule has 108 valence electrons. The van der Waals surface area contributed by atoms with Crippen LogP contribution < -0.4 is 0 Å². The highest BCUT2D eigenvalue weighted by Crippen LogP contribution is 2.14. The normalized spacial score (nSPS) is 11.7. The number of carbonyl (C=O) groups is 1. The van der Waals surface area contributed by atoms with E-state index in [1.54, 1.807) is 24.3 Å². The topological polar surface area (TPSA) is 83.8 Å². The zero-order valence-corrected chi connectivity index (χ0v) is 12.0. The van der Waals surface area contributed by atoms with Crippen LogP contribution in [0.25, 0.3) is 0 Å². The van der Waals surface area contributed by atoms with E-state index in [4.69, 9.17) is 5.11 Å². The summed E-state index contributed by atoms with van der Waals surface area (Å²) in [6.07, 6.45) is 1.05. The Bertz CT molecular complexity index is 793. The third kappa shape index (κ3) is 3.55. The van der Waals surface area contributed by atoms with Crippen LogP contribution in [0.2, 0.25) is 0 Å². The van der Waals surface area contributed by atoms with Gasteiger partial charge < -0.3 is 5.11 Å². The van der Waals surface area contributed by atoms with Gasteiger partial charge in [0.05, 0.1) is 10.5 Å². The monoisotopic (exact) mass is 303 g/mol. The van der Waals surface area contributed by atoms with E-state index in [1.807, 2.05) is 6.92 Å². The van der Waals surface area contributed by atoms with Gasteiger partial charge in [0.15, 0.2) is 0 Å². The maximum Gasteiger partial charge on any atom is 0.336 e. The minimum atomic E-state index is -3.84. The molecule has 5 nitrogen and oxygen atoms in total. The van der Waals surface area contributed by atoms with Crippen molar-refractivity contribution in [2.45, 2.75) is 11.8 Å². The van der Waals surface area contributed by atoms with Crippen molar-refractivity contribution < 1.29 is 18.3 Å². The van der Waals surface area contributed by atoms with Crippen LogP contribution in [0.15, 0.2) is 57.8 Å². The van der Waals surface area contributed by atoms with Gasteiger partial charge in [0.1, 0.15) is 0 Å². The number of benzene rings is 2. The molecule has 2 rings (SSSR count). The van der Waals surface area contributed by atoms with Crippen LogP contribution >= 0.6 is 0 Å². The second kappa shape index (κ2) is 5.88. The van der Waals surface area contributed by atoms with E-state index in [-0.39, 0.29) is 16.0 Å². The number of nitrogens with zero attached hydrogens (tertiary/aromatic N) is 1. The summed E-state index contributed by atoms with van der Waals surface area (Å²) in [5.74, 6) is -1.13. The molecule has 6 heteroatoms. The van der Waals surface area contributed by atoms with Crippen LogP contribution in [0.5, 0.6) is 0 Å². The van der Waals surface area contributed by atoms with Crippen molar-refractivity contribution >= 4 is 22.2 Å². The molecule has 0 radical (unpaired) electrons. The molecule has 0 aliphatic carbocycles. The molecule has 0 aliphatic rings. The van der Waals surface area contributed by atoms with Gasteiger partial charge in [-0.15, -0.1) is 0 Å². The molecule has 0 aromatic heterocycles. The molecule has 21 heavy (non-hydrogen) atoms. The van der Waals surface area contributed by atoms with Crippen LogP contribution in [-0.4, -0.2) is 25.7 Å². The Morgan fingerprint density at radius 1 is 1.10 bits per heavy atom. The quantitative estimate of drug-likeness (QED) is 0.880. The summed E-state index contributed by atoms with van der Waals surface area (Å²) < 4.78 is 27.7. The van der Waals surface area contributed by atoms with Gasteiger partial charge in [-0.05, 0) is 25.1 Å². The maximum absolute atomic E-state index is 12.1. The van der Waals surface area contributed by atoms with Crippen molar-refractivity contribution in [3.63, 3.8) is 0 Å². The van der Waals surface area contributed by atoms with Crippen molar-refractivity contribution in [2.75, 3.05) is 0 Å². The van der Waals surface area contributed by atoms with E-state index < -0.39 is 16.0 Å². The van der Waals surface area contributed by atoms with Crippen LogP contribution in [0.1, 0.15) is 21.5 Å². The van der Waals surface area contributed by atoms with Crippen molar-refractivity contribution in [2.24, 2.45) is 4.40 Å². The summed E-state index contributed by atoms with van der Waals surface area (Å²) in [5.41, 5.74) is 1.18. The molecule has 0 spiro atoms. The Hall–Kier alpha value is -2.47. The first-order valence-corrected chi connectivity index (χ1v) is 7.53. The van der Waals surface area contributed by atoms with Crippen LogP contribution in [0, 0.1) is 6.92 Å². The van der Waals surface area contributed by atoms with Gasteiger partial charge in [-0.3, -0.25) is 0 Å². The lowest BCUT2D eigenvalue weighted by Gasteiger charge is -2.01. The summed E-state index contributed by atoms with van der Waals surface area (Å²) in [4.78, 5) is 11.1. The average Bonchev–Trinajstić information content (AvgIpc) is 2.46. The number of carboxylic acids is 1. The summed E-state index contributed by atoms with van der Waals surface area (Å²) in [5, 5.41) is 9.03. The standard InChI is InChI=1S/C15H13NO4S/c1-11-6-8-13(9-7-11)21(19,20)16-10-12-4-2-3-5-14(12)15(17)18/h2-10H,1H3,(H,17,18)/b16-10-. The van der Waals surface area contributed by atoms with Gasteiger partial charge >= 0.3 is 5.97 Å². The summed E-state index contributed by atoms with van der Waals surface area (Å²) in [6, 6.07) is 12.3. The number of hydrogen-bond donors (Lipinski definition) is 1. The second-order valence-corrected chi connectivity index (χ2v) is 6.05. The minimum Gasteiger partial charge on any atom is -0.478 e. The average molecular weight is 303 g/mol. The Labute approximate surface area is 122 Å². The van der Waals surface area contributed by atoms with Crippen LogP contribution in [0.3, 0.4) is 0 Å². The molecule has 0 amide bonds. The summed E-state index contributed by atoms with van der Waals surface area (Å²) >= 11 is 0. The molecular formula is C15H13NO4S. The van der Waals surface area contributed by atoms with Gasteiger partial charge in [-0.1, -0.05) is 35.9 Å². The lowest BCUT2D eigenvalue weighted by atomic mass is 10.1. The van der Waals surface area contributed by atoms with Gasteiger partial charge in [0.2, 0.25) is 0 Å². The fourth-order valence-corrected chi connectivity index (χ4v) is 2.56. The van der Waals surface area contributed by atoms with E-state index in [0.29, 0.717) is 0 Å². The Morgan fingerprint density at radius 3 is 2.33 bits per heavy atom. The largest absolute Gasteiger partial charge is 0.478 e. The molecule has 0 atom stereocenters. The molecule has 0 unspecified atom stereocenters. The number of hydrogen-bond acceptors (Lipinski definition) is 3. The highest BCUT2D eigenvalue weighted by Gasteiger charge is 2.12. The molecule has 2 aromatic rings.